The molecule has 0 bridgehead atoms. The van der Waals surface area contributed by atoms with E-state index < -0.39 is 9.84 Å². The highest BCUT2D eigenvalue weighted by Crippen LogP contribution is 2.15. The van der Waals surface area contributed by atoms with Crippen molar-refractivity contribution in [1.82, 2.24) is 5.32 Å². The van der Waals surface area contributed by atoms with Gasteiger partial charge in [-0.1, -0.05) is 31.0 Å². The van der Waals surface area contributed by atoms with E-state index in [0.717, 1.165) is 17.4 Å². The Morgan fingerprint density at radius 1 is 1.28 bits per heavy atom. The van der Waals surface area contributed by atoms with Gasteiger partial charge in [0.2, 0.25) is 16.2 Å². The molecule has 0 spiro atoms. The normalized spacial score (nSPS) is 12.2. The van der Waals surface area contributed by atoms with Gasteiger partial charge in [0, 0.05) is 5.70 Å². The number of benzene rings is 1. The second-order valence-corrected chi connectivity index (χ2v) is 5.81. The molecule has 98 valence electrons. The van der Waals surface area contributed by atoms with Crippen LogP contribution in [0.3, 0.4) is 0 Å². The number of hydrogen-bond donors (Lipinski definition) is 1. The van der Waals surface area contributed by atoms with Gasteiger partial charge < -0.3 is 5.32 Å². The molecule has 1 rings (SSSR count). The monoisotopic (exact) mass is 267 g/mol. The Morgan fingerprint density at radius 2 is 1.89 bits per heavy atom. The Bertz CT molecular complexity index is 530. The van der Waals surface area contributed by atoms with Crippen LogP contribution < -0.4 is 5.32 Å². The number of carbonyl (C=O) groups is 1. The SMILES string of the molecule is CCCC(=CS(=O)(=O)c1ccc(C)cc1)NC=O. The third-order valence-corrected chi connectivity index (χ3v) is 3.93. The quantitative estimate of drug-likeness (QED) is 0.803. The van der Waals surface area contributed by atoms with Gasteiger partial charge in [-0.2, -0.15) is 0 Å². The van der Waals surface area contributed by atoms with Crippen LogP contribution in [0, 0.1) is 6.92 Å². The van der Waals surface area contributed by atoms with Gasteiger partial charge in [0.1, 0.15) is 0 Å². The van der Waals surface area contributed by atoms with Crippen LogP contribution >= 0.6 is 0 Å². The lowest BCUT2D eigenvalue weighted by Gasteiger charge is -2.05. The Hall–Kier alpha value is -1.62. The molecular weight excluding hydrogens is 250 g/mol. The maximum atomic E-state index is 12.1. The molecule has 1 N–H and O–H groups in total. The number of nitrogens with one attached hydrogen (secondary N) is 1. The van der Waals surface area contributed by atoms with E-state index in [1.807, 2.05) is 13.8 Å². The van der Waals surface area contributed by atoms with Crippen molar-refractivity contribution in [1.29, 1.82) is 0 Å². The molecule has 1 aromatic carbocycles. The highest BCUT2D eigenvalue weighted by Gasteiger charge is 2.12. The van der Waals surface area contributed by atoms with E-state index in [0.29, 0.717) is 18.5 Å². The molecule has 18 heavy (non-hydrogen) atoms. The zero-order valence-corrected chi connectivity index (χ0v) is 11.3. The lowest BCUT2D eigenvalue weighted by molar-refractivity contribution is -0.108. The summed E-state index contributed by atoms with van der Waals surface area (Å²) in [5, 5.41) is 3.54. The van der Waals surface area contributed by atoms with E-state index in [9.17, 15) is 13.2 Å². The van der Waals surface area contributed by atoms with Gasteiger partial charge >= 0.3 is 0 Å². The number of carbonyl (C=O) groups excluding carboxylic acids is 1. The van der Waals surface area contributed by atoms with Gasteiger partial charge in [0.25, 0.3) is 0 Å². The summed E-state index contributed by atoms with van der Waals surface area (Å²) in [6.07, 6.45) is 1.77. The summed E-state index contributed by atoms with van der Waals surface area (Å²) in [4.78, 5) is 10.6. The molecule has 0 atom stereocenters. The van der Waals surface area contributed by atoms with Crippen molar-refractivity contribution in [3.8, 4) is 0 Å². The van der Waals surface area contributed by atoms with Crippen LogP contribution in [0.2, 0.25) is 0 Å². The van der Waals surface area contributed by atoms with Gasteiger partial charge in [0.15, 0.2) is 0 Å². The first-order valence-electron chi connectivity index (χ1n) is 5.72. The van der Waals surface area contributed by atoms with Crippen LogP contribution in [0.4, 0.5) is 0 Å². The molecular formula is C13H17NO3S. The molecule has 0 aliphatic heterocycles. The van der Waals surface area contributed by atoms with Gasteiger partial charge in [-0.05, 0) is 25.5 Å². The minimum absolute atomic E-state index is 0.231. The Kier molecular flexibility index (Phi) is 5.09. The Balaban J connectivity index is 3.08. The smallest absolute Gasteiger partial charge is 0.211 e. The van der Waals surface area contributed by atoms with E-state index >= 15 is 0 Å². The predicted octanol–water partition coefficient (Wildman–Crippen LogP) is 2.16. The first-order chi connectivity index (χ1) is 8.49. The molecule has 1 amide bonds. The molecule has 0 heterocycles. The number of sulfone groups is 1. The summed E-state index contributed by atoms with van der Waals surface area (Å²) < 4.78 is 24.1. The van der Waals surface area contributed by atoms with Gasteiger partial charge in [-0.3, -0.25) is 4.79 Å². The molecule has 0 radical (unpaired) electrons. The average molecular weight is 267 g/mol. The van der Waals surface area contributed by atoms with Crippen LogP contribution in [0.5, 0.6) is 0 Å². The van der Waals surface area contributed by atoms with Gasteiger partial charge in [-0.15, -0.1) is 0 Å². The molecule has 0 fully saturated rings. The lowest BCUT2D eigenvalue weighted by Crippen LogP contribution is -2.12. The second kappa shape index (κ2) is 6.35. The van der Waals surface area contributed by atoms with Gasteiger partial charge in [0.05, 0.1) is 10.3 Å². The molecule has 0 unspecified atom stereocenters. The van der Waals surface area contributed by atoms with E-state index in [1.54, 1.807) is 24.3 Å². The highest BCUT2D eigenvalue weighted by molar-refractivity contribution is 7.94. The number of rotatable bonds is 6. The van der Waals surface area contributed by atoms with Crippen LogP contribution in [-0.4, -0.2) is 14.8 Å². The first kappa shape index (κ1) is 14.4. The fourth-order valence-corrected chi connectivity index (χ4v) is 2.71. The maximum absolute atomic E-state index is 12.1. The molecule has 4 nitrogen and oxygen atoms in total. The standard InChI is InChI=1S/C13H17NO3S/c1-3-4-12(14-10-15)9-18(16,17)13-7-5-11(2)6-8-13/h5-10H,3-4H2,1-2H3,(H,14,15). The van der Waals surface area contributed by atoms with E-state index in [1.165, 1.54) is 0 Å². The molecule has 0 aliphatic rings. The summed E-state index contributed by atoms with van der Waals surface area (Å²) in [7, 11) is -3.50. The topological polar surface area (TPSA) is 63.2 Å². The zero-order valence-electron chi connectivity index (χ0n) is 10.5. The summed E-state index contributed by atoms with van der Waals surface area (Å²) in [5.74, 6) is 0. The lowest BCUT2D eigenvalue weighted by atomic mass is 10.2. The van der Waals surface area contributed by atoms with Crippen molar-refractivity contribution in [2.75, 3.05) is 0 Å². The molecule has 0 saturated heterocycles. The van der Waals surface area contributed by atoms with Crippen molar-refractivity contribution >= 4 is 16.2 Å². The third kappa shape index (κ3) is 4.00. The highest BCUT2D eigenvalue weighted by atomic mass is 32.2. The number of hydrogen-bond acceptors (Lipinski definition) is 3. The molecule has 0 aromatic heterocycles. The van der Waals surface area contributed by atoms with E-state index in [-0.39, 0.29) is 4.90 Å². The van der Waals surface area contributed by atoms with Crippen molar-refractivity contribution in [3.05, 3.63) is 40.9 Å². The number of allylic oxidation sites excluding steroid dienone is 1. The Labute approximate surface area is 108 Å². The fraction of sp³-hybridized carbons (Fsp3) is 0.308. The first-order valence-corrected chi connectivity index (χ1v) is 7.26. The maximum Gasteiger partial charge on any atom is 0.211 e. The summed E-state index contributed by atoms with van der Waals surface area (Å²) in [6.45, 7) is 3.81. The minimum atomic E-state index is -3.50. The van der Waals surface area contributed by atoms with Crippen LogP contribution in [-0.2, 0) is 14.6 Å². The average Bonchev–Trinajstić information content (AvgIpc) is 2.29. The van der Waals surface area contributed by atoms with Crippen LogP contribution in [0.1, 0.15) is 25.3 Å². The summed E-state index contributed by atoms with van der Waals surface area (Å²) in [5.41, 5.74) is 1.41. The largest absolute Gasteiger partial charge is 0.332 e. The number of aryl methyl sites for hydroxylation is 1. The van der Waals surface area contributed by atoms with Crippen molar-refractivity contribution < 1.29 is 13.2 Å². The summed E-state index contributed by atoms with van der Waals surface area (Å²) in [6, 6.07) is 6.61. The number of amides is 1. The van der Waals surface area contributed by atoms with Crippen molar-refractivity contribution in [2.24, 2.45) is 0 Å². The Morgan fingerprint density at radius 3 is 2.39 bits per heavy atom. The molecule has 0 saturated carbocycles. The minimum Gasteiger partial charge on any atom is -0.332 e. The fourth-order valence-electron chi connectivity index (χ4n) is 1.49. The zero-order chi connectivity index (χ0) is 13.6. The second-order valence-electron chi connectivity index (χ2n) is 4.01. The van der Waals surface area contributed by atoms with Gasteiger partial charge in [-0.25, -0.2) is 8.42 Å². The third-order valence-electron chi connectivity index (χ3n) is 2.41. The van der Waals surface area contributed by atoms with Crippen molar-refractivity contribution in [2.45, 2.75) is 31.6 Å². The van der Waals surface area contributed by atoms with Crippen LogP contribution in [0.25, 0.3) is 0 Å². The molecule has 1 aromatic rings. The molecule has 0 aliphatic carbocycles. The van der Waals surface area contributed by atoms with E-state index in [4.69, 9.17) is 0 Å². The summed E-state index contributed by atoms with van der Waals surface area (Å²) >= 11 is 0. The van der Waals surface area contributed by atoms with E-state index in [2.05, 4.69) is 5.32 Å². The predicted molar refractivity (Wildman–Crippen MR) is 70.6 cm³/mol. The molecule has 5 heteroatoms. The van der Waals surface area contributed by atoms with Crippen molar-refractivity contribution in [3.63, 3.8) is 0 Å². The van der Waals surface area contributed by atoms with Crippen LogP contribution in [0.15, 0.2) is 40.3 Å².